The van der Waals surface area contributed by atoms with Crippen LogP contribution in [0.5, 0.6) is 0 Å². The highest BCUT2D eigenvalue weighted by Crippen LogP contribution is 2.20. The molecule has 0 N–H and O–H groups in total. The van der Waals surface area contributed by atoms with Gasteiger partial charge in [-0.3, -0.25) is 0 Å². The molecule has 0 aliphatic heterocycles. The van der Waals surface area contributed by atoms with Crippen molar-refractivity contribution in [3.05, 3.63) is 132 Å². The van der Waals surface area contributed by atoms with Gasteiger partial charge >= 0.3 is 0 Å². The third kappa shape index (κ3) is 5.15. The van der Waals surface area contributed by atoms with Crippen molar-refractivity contribution in [2.75, 3.05) is 0 Å². The Bertz CT molecular complexity index is 975. The smallest absolute Gasteiger partial charge is 0.128 e. The van der Waals surface area contributed by atoms with Crippen LogP contribution in [0.3, 0.4) is 0 Å². The third-order valence-electron chi connectivity index (χ3n) is 5.46. The topological polar surface area (TPSA) is 9.23 Å². The maximum Gasteiger partial charge on any atom is 0.128 e. The summed E-state index contributed by atoms with van der Waals surface area (Å²) >= 11 is 0. The second-order valence-corrected chi connectivity index (χ2v) is 10.4. The summed E-state index contributed by atoms with van der Waals surface area (Å²) in [6.45, 7) is 3.65. The van der Waals surface area contributed by atoms with Crippen LogP contribution in [-0.4, -0.2) is 8.80 Å². The van der Waals surface area contributed by atoms with Crippen LogP contribution in [-0.2, 0) is 18.0 Å². The van der Waals surface area contributed by atoms with Crippen LogP contribution < -0.4 is 10.4 Å². The highest BCUT2D eigenvalue weighted by atomic mass is 28.3. The molecule has 4 aromatic rings. The first kappa shape index (κ1) is 20.3. The van der Waals surface area contributed by atoms with E-state index in [4.69, 9.17) is 4.74 Å². The van der Waals surface area contributed by atoms with Crippen LogP contribution in [0.4, 0.5) is 0 Å². The molecule has 0 saturated heterocycles. The average molecular weight is 408 g/mol. The quantitative estimate of drug-likeness (QED) is 0.358. The van der Waals surface area contributed by atoms with Crippen LogP contribution in [0.25, 0.3) is 0 Å². The lowest BCUT2D eigenvalue weighted by molar-refractivity contribution is 0.107. The van der Waals surface area contributed by atoms with Crippen molar-refractivity contribution in [1.82, 2.24) is 0 Å². The van der Waals surface area contributed by atoms with E-state index in [1.165, 1.54) is 27.1 Å². The Morgan fingerprint density at radius 2 is 1.00 bits per heavy atom. The number of rotatable bonds is 8. The van der Waals surface area contributed by atoms with Gasteiger partial charge < -0.3 is 4.74 Å². The lowest BCUT2D eigenvalue weighted by Gasteiger charge is -2.24. The van der Waals surface area contributed by atoms with Gasteiger partial charge in [-0.05, 0) is 22.2 Å². The molecule has 0 saturated carbocycles. The summed E-state index contributed by atoms with van der Waals surface area (Å²) in [4.78, 5) is 0. The van der Waals surface area contributed by atoms with Crippen LogP contribution >= 0.6 is 0 Å². The lowest BCUT2D eigenvalue weighted by atomic mass is 10.1. The van der Waals surface area contributed by atoms with Crippen LogP contribution in [0.1, 0.15) is 29.2 Å². The van der Waals surface area contributed by atoms with E-state index in [-0.39, 0.29) is 0 Å². The van der Waals surface area contributed by atoms with E-state index in [1.807, 2.05) is 18.2 Å². The van der Waals surface area contributed by atoms with Crippen LogP contribution in [0.2, 0.25) is 0 Å². The van der Waals surface area contributed by atoms with E-state index >= 15 is 0 Å². The predicted molar refractivity (Wildman–Crippen MR) is 128 cm³/mol. The molecule has 2 heteroatoms. The zero-order valence-corrected chi connectivity index (χ0v) is 18.4. The second kappa shape index (κ2) is 10.2. The molecule has 0 bridgehead atoms. The van der Waals surface area contributed by atoms with E-state index in [9.17, 15) is 0 Å². The second-order valence-electron chi connectivity index (χ2n) is 7.59. The minimum absolute atomic E-state index is 0.471. The normalized spacial score (nSPS) is 12.1. The van der Waals surface area contributed by atoms with Gasteiger partial charge in [0.15, 0.2) is 0 Å². The Labute approximate surface area is 181 Å². The highest BCUT2D eigenvalue weighted by molar-refractivity contribution is 6.86. The zero-order valence-electron chi connectivity index (χ0n) is 17.4. The molecule has 0 aliphatic carbocycles. The van der Waals surface area contributed by atoms with Crippen molar-refractivity contribution in [3.63, 3.8) is 0 Å². The van der Waals surface area contributed by atoms with Crippen molar-refractivity contribution in [3.8, 4) is 0 Å². The molecule has 1 nitrogen and oxygen atoms in total. The monoisotopic (exact) mass is 407 g/mol. The molecule has 4 rings (SSSR count). The summed E-state index contributed by atoms with van der Waals surface area (Å²) in [5, 5.41) is 2.91. The summed E-state index contributed by atoms with van der Waals surface area (Å²) in [5.41, 5.74) is 4.29. The molecular formula is C28H27OSi. The van der Waals surface area contributed by atoms with Gasteiger partial charge in [0, 0.05) is 0 Å². The fourth-order valence-electron chi connectivity index (χ4n) is 3.83. The van der Waals surface area contributed by atoms with E-state index in [1.54, 1.807) is 0 Å². The first-order valence-electron chi connectivity index (χ1n) is 10.5. The Kier molecular flexibility index (Phi) is 6.91. The van der Waals surface area contributed by atoms with E-state index in [2.05, 4.69) is 104 Å². The summed E-state index contributed by atoms with van der Waals surface area (Å²) in [6, 6.07) is 41.3. The predicted octanol–water partition coefficient (Wildman–Crippen LogP) is 5.36. The van der Waals surface area contributed by atoms with Gasteiger partial charge in [0.1, 0.15) is 8.80 Å². The van der Waals surface area contributed by atoms with Gasteiger partial charge in [0.05, 0.1) is 13.2 Å². The van der Waals surface area contributed by atoms with E-state index in [0.717, 1.165) is 0 Å². The molecule has 0 heterocycles. The summed E-state index contributed by atoms with van der Waals surface area (Å²) in [7, 11) is -0.926. The van der Waals surface area contributed by atoms with Crippen LogP contribution in [0.15, 0.2) is 115 Å². The number of ether oxygens (including phenoxy) is 1. The Balaban J connectivity index is 1.47. The van der Waals surface area contributed by atoms with Crippen molar-refractivity contribution >= 4 is 19.2 Å². The summed E-state index contributed by atoms with van der Waals surface area (Å²) in [5.74, 6) is 0. The first-order valence-corrected chi connectivity index (χ1v) is 12.1. The molecule has 0 fully saturated rings. The Hall–Kier alpha value is -2.94. The SMILES string of the molecule is C[C@@H](c1ccc(COCc2ccccc2)cc1)[Si](c1ccccc1)c1ccccc1. The minimum atomic E-state index is -0.926. The molecule has 4 aromatic carbocycles. The number of benzene rings is 4. The van der Waals surface area contributed by atoms with Gasteiger partial charge in [-0.1, -0.05) is 133 Å². The fourth-order valence-corrected chi connectivity index (χ4v) is 6.79. The van der Waals surface area contributed by atoms with Crippen LogP contribution in [0, 0.1) is 0 Å². The Morgan fingerprint density at radius 3 is 1.50 bits per heavy atom. The highest BCUT2D eigenvalue weighted by Gasteiger charge is 2.25. The molecule has 30 heavy (non-hydrogen) atoms. The zero-order chi connectivity index (χ0) is 20.6. The summed E-state index contributed by atoms with van der Waals surface area (Å²) in [6.07, 6.45) is 0. The molecular weight excluding hydrogens is 380 g/mol. The third-order valence-corrected chi connectivity index (χ3v) is 8.57. The molecule has 0 spiro atoms. The van der Waals surface area contributed by atoms with Crippen molar-refractivity contribution in [1.29, 1.82) is 0 Å². The van der Waals surface area contributed by atoms with E-state index in [0.29, 0.717) is 18.8 Å². The Morgan fingerprint density at radius 1 is 0.567 bits per heavy atom. The van der Waals surface area contributed by atoms with Gasteiger partial charge in [-0.15, -0.1) is 0 Å². The molecule has 0 aromatic heterocycles. The average Bonchev–Trinajstić information content (AvgIpc) is 2.82. The molecule has 149 valence electrons. The molecule has 0 aliphatic rings. The van der Waals surface area contributed by atoms with Gasteiger partial charge in [-0.25, -0.2) is 0 Å². The summed E-state index contributed by atoms with van der Waals surface area (Å²) < 4.78 is 5.90. The standard InChI is InChI=1S/C28H27OSi/c1-23(30(27-13-7-3-8-14-27)28-15-9-4-10-16-28)26-19-17-25(18-20-26)22-29-21-24-11-5-2-6-12-24/h2-20,23H,21-22H2,1H3/t23-/m0/s1. The van der Waals surface area contributed by atoms with Gasteiger partial charge in [0.25, 0.3) is 0 Å². The maximum absolute atomic E-state index is 5.90. The number of hydrogen-bond donors (Lipinski definition) is 0. The largest absolute Gasteiger partial charge is 0.372 e. The van der Waals surface area contributed by atoms with Gasteiger partial charge in [-0.2, -0.15) is 0 Å². The van der Waals surface area contributed by atoms with Gasteiger partial charge in [0.2, 0.25) is 0 Å². The molecule has 0 unspecified atom stereocenters. The van der Waals surface area contributed by atoms with Crippen molar-refractivity contribution in [2.24, 2.45) is 0 Å². The molecule has 0 amide bonds. The minimum Gasteiger partial charge on any atom is -0.372 e. The number of hydrogen-bond acceptors (Lipinski definition) is 1. The lowest BCUT2D eigenvalue weighted by Crippen LogP contribution is -2.46. The van der Waals surface area contributed by atoms with Crippen molar-refractivity contribution < 1.29 is 4.74 Å². The molecule has 1 atom stereocenters. The maximum atomic E-state index is 5.90. The van der Waals surface area contributed by atoms with E-state index < -0.39 is 8.80 Å². The molecule has 1 radical (unpaired) electrons. The van der Waals surface area contributed by atoms with Crippen molar-refractivity contribution in [2.45, 2.75) is 25.7 Å². The first-order chi connectivity index (χ1) is 14.8. The fraction of sp³-hybridized carbons (Fsp3) is 0.143.